The molecule has 1 aromatic heterocycles. The van der Waals surface area contributed by atoms with Gasteiger partial charge in [-0.1, -0.05) is 30.3 Å². The first kappa shape index (κ1) is 19.4. The van der Waals surface area contributed by atoms with Crippen molar-refractivity contribution in [1.29, 1.82) is 0 Å². The Labute approximate surface area is 165 Å². The van der Waals surface area contributed by atoms with Gasteiger partial charge in [0.25, 0.3) is 11.8 Å². The molecule has 1 saturated heterocycles. The highest BCUT2D eigenvalue weighted by molar-refractivity contribution is 6.99. The Morgan fingerprint density at radius 2 is 1.89 bits per heavy atom. The Hall–Kier alpha value is -1.87. The van der Waals surface area contributed by atoms with Crippen molar-refractivity contribution in [1.82, 2.24) is 13.6 Å². The fourth-order valence-electron chi connectivity index (χ4n) is 4.12. The van der Waals surface area contributed by atoms with E-state index in [1.807, 2.05) is 18.2 Å². The van der Waals surface area contributed by atoms with Crippen LogP contribution in [0.25, 0.3) is 0 Å². The third-order valence-electron chi connectivity index (χ3n) is 5.30. The molecule has 0 radical (unpaired) electrons. The highest BCUT2D eigenvalue weighted by atomic mass is 32.1. The summed E-state index contributed by atoms with van der Waals surface area (Å²) in [6.45, 7) is 1.89. The number of hydrogen-bond donors (Lipinski definition) is 0. The van der Waals surface area contributed by atoms with Crippen LogP contribution in [0.1, 0.15) is 31.2 Å². The lowest BCUT2D eigenvalue weighted by Crippen LogP contribution is -2.43. The smallest absolute Gasteiger partial charge is 0.389 e. The van der Waals surface area contributed by atoms with Gasteiger partial charge in [0.15, 0.2) is 0 Å². The summed E-state index contributed by atoms with van der Waals surface area (Å²) in [5.74, 6) is 1.10. The van der Waals surface area contributed by atoms with Crippen LogP contribution < -0.4 is 9.47 Å². The van der Waals surface area contributed by atoms with Crippen molar-refractivity contribution in [2.75, 3.05) is 13.2 Å². The van der Waals surface area contributed by atoms with E-state index in [0.717, 1.165) is 37.7 Å². The summed E-state index contributed by atoms with van der Waals surface area (Å²) >= 11 is 0.951. The molecular formula is C19H22F3N3O2S. The van der Waals surface area contributed by atoms with Crippen molar-refractivity contribution in [2.45, 2.75) is 50.6 Å². The zero-order valence-corrected chi connectivity index (χ0v) is 16.1. The second-order valence-electron chi connectivity index (χ2n) is 7.42. The maximum Gasteiger partial charge on any atom is 0.389 e. The lowest BCUT2D eigenvalue weighted by atomic mass is 10.1. The highest BCUT2D eigenvalue weighted by Crippen LogP contribution is 2.41. The molecule has 0 N–H and O–H groups in total. The van der Waals surface area contributed by atoms with Gasteiger partial charge in [-0.3, -0.25) is 4.90 Å². The number of hydrogen-bond acceptors (Lipinski definition) is 6. The van der Waals surface area contributed by atoms with Crippen LogP contribution in [0.15, 0.2) is 30.3 Å². The number of likely N-dealkylation sites (tertiary alicyclic amines) is 1. The lowest BCUT2D eigenvalue weighted by molar-refractivity contribution is -0.136. The molecule has 2 heterocycles. The molecule has 2 aromatic rings. The molecular weight excluding hydrogens is 391 g/mol. The Bertz CT molecular complexity index is 771. The molecule has 9 heteroatoms. The number of fused-ring (bicyclic) bond motifs is 2. The zero-order valence-electron chi connectivity index (χ0n) is 15.3. The van der Waals surface area contributed by atoms with Crippen LogP contribution in [-0.4, -0.2) is 45.1 Å². The third-order valence-corrected chi connectivity index (χ3v) is 5.79. The van der Waals surface area contributed by atoms with Gasteiger partial charge in [-0.25, -0.2) is 0 Å². The first-order valence-electron chi connectivity index (χ1n) is 9.44. The molecule has 5 nitrogen and oxygen atoms in total. The highest BCUT2D eigenvalue weighted by Gasteiger charge is 2.46. The summed E-state index contributed by atoms with van der Waals surface area (Å²) in [6.07, 6.45) is -3.10. The van der Waals surface area contributed by atoms with E-state index in [9.17, 15) is 13.2 Å². The number of alkyl halides is 3. The van der Waals surface area contributed by atoms with Gasteiger partial charge < -0.3 is 9.47 Å². The van der Waals surface area contributed by atoms with Crippen molar-refractivity contribution in [3.05, 3.63) is 35.9 Å². The monoisotopic (exact) mass is 413 g/mol. The molecule has 3 unspecified atom stereocenters. The predicted molar refractivity (Wildman–Crippen MR) is 98.5 cm³/mol. The molecule has 1 saturated carbocycles. The summed E-state index contributed by atoms with van der Waals surface area (Å²) in [7, 11) is 0. The minimum absolute atomic E-state index is 0.00360. The third kappa shape index (κ3) is 4.75. The lowest BCUT2D eigenvalue weighted by Gasteiger charge is -2.32. The van der Waals surface area contributed by atoms with Gasteiger partial charge >= 0.3 is 6.18 Å². The van der Waals surface area contributed by atoms with E-state index >= 15 is 0 Å². The summed E-state index contributed by atoms with van der Waals surface area (Å²) in [5.41, 5.74) is 1.28. The van der Waals surface area contributed by atoms with Gasteiger partial charge in [0.05, 0.1) is 18.3 Å². The van der Waals surface area contributed by atoms with Gasteiger partial charge in [0, 0.05) is 25.6 Å². The molecule has 3 atom stereocenters. The normalized spacial score (nSPS) is 24.6. The topological polar surface area (TPSA) is 47.5 Å². The standard InChI is InChI=1S/C19H22F3N3O2S/c20-19(21,22)7-4-8-26-17-18(24-28-23-17)27-16-10-14-9-15(16)25(12-14)11-13-5-2-1-3-6-13/h1-3,5-6,14-16H,4,7-12H2. The van der Waals surface area contributed by atoms with E-state index in [4.69, 9.17) is 9.47 Å². The van der Waals surface area contributed by atoms with Crippen LogP contribution in [0, 0.1) is 5.92 Å². The van der Waals surface area contributed by atoms with Crippen molar-refractivity contribution in [3.63, 3.8) is 0 Å². The maximum absolute atomic E-state index is 12.2. The second kappa shape index (κ2) is 8.24. The molecule has 2 bridgehead atoms. The fraction of sp³-hybridized carbons (Fsp3) is 0.579. The van der Waals surface area contributed by atoms with Crippen LogP contribution in [0.3, 0.4) is 0 Å². The van der Waals surface area contributed by atoms with E-state index in [1.54, 1.807) is 0 Å². The SMILES string of the molecule is FC(F)(F)CCCOc1nsnc1OC1CC2CC1N(Cc1ccccc1)C2. The molecule has 1 aliphatic heterocycles. The van der Waals surface area contributed by atoms with Crippen molar-refractivity contribution in [2.24, 2.45) is 5.92 Å². The molecule has 2 aliphatic rings. The first-order valence-corrected chi connectivity index (χ1v) is 10.2. The van der Waals surface area contributed by atoms with Gasteiger partial charge in [-0.05, 0) is 30.7 Å². The molecule has 152 valence electrons. The van der Waals surface area contributed by atoms with E-state index in [-0.39, 0.29) is 25.0 Å². The molecule has 28 heavy (non-hydrogen) atoms. The van der Waals surface area contributed by atoms with Crippen molar-refractivity contribution < 1.29 is 22.6 Å². The number of piperidine rings is 1. The quantitative estimate of drug-likeness (QED) is 0.604. The van der Waals surface area contributed by atoms with Gasteiger partial charge in [-0.2, -0.15) is 13.2 Å². The molecule has 4 rings (SSSR count). The maximum atomic E-state index is 12.2. The number of benzene rings is 1. The fourth-order valence-corrected chi connectivity index (χ4v) is 4.56. The number of rotatable bonds is 8. The van der Waals surface area contributed by atoms with Crippen molar-refractivity contribution >= 4 is 11.7 Å². The summed E-state index contributed by atoms with van der Waals surface area (Å²) in [4.78, 5) is 2.44. The minimum atomic E-state index is -4.17. The van der Waals surface area contributed by atoms with Crippen LogP contribution in [0.4, 0.5) is 13.2 Å². The molecule has 2 fully saturated rings. The Morgan fingerprint density at radius 3 is 2.64 bits per heavy atom. The predicted octanol–water partition coefficient (Wildman–Crippen LogP) is 4.30. The van der Waals surface area contributed by atoms with Crippen LogP contribution >= 0.6 is 11.7 Å². The van der Waals surface area contributed by atoms with Gasteiger partial charge in [0.2, 0.25) is 0 Å². The molecule has 1 aliphatic carbocycles. The minimum Gasteiger partial charge on any atom is -0.473 e. The summed E-state index contributed by atoms with van der Waals surface area (Å²) in [6, 6.07) is 10.7. The van der Waals surface area contributed by atoms with Crippen LogP contribution in [0.5, 0.6) is 11.8 Å². The Kier molecular flexibility index (Phi) is 5.73. The average molecular weight is 413 g/mol. The molecule has 0 amide bonds. The number of halogens is 3. The Balaban J connectivity index is 1.32. The Morgan fingerprint density at radius 1 is 1.11 bits per heavy atom. The van der Waals surface area contributed by atoms with Crippen molar-refractivity contribution in [3.8, 4) is 11.8 Å². The van der Waals surface area contributed by atoms with Gasteiger partial charge in [-0.15, -0.1) is 8.75 Å². The van der Waals surface area contributed by atoms with Gasteiger partial charge in [0.1, 0.15) is 6.10 Å². The van der Waals surface area contributed by atoms with Crippen LogP contribution in [-0.2, 0) is 6.54 Å². The zero-order chi connectivity index (χ0) is 19.6. The van der Waals surface area contributed by atoms with E-state index in [2.05, 4.69) is 25.8 Å². The van der Waals surface area contributed by atoms with E-state index in [1.165, 1.54) is 5.56 Å². The molecule has 0 spiro atoms. The number of aromatic nitrogens is 2. The average Bonchev–Trinajstić information content (AvgIpc) is 3.35. The summed E-state index contributed by atoms with van der Waals surface area (Å²) in [5, 5.41) is 0. The summed E-state index contributed by atoms with van der Waals surface area (Å²) < 4.78 is 56.4. The van der Waals surface area contributed by atoms with E-state index < -0.39 is 12.6 Å². The first-order chi connectivity index (χ1) is 13.5. The number of nitrogens with zero attached hydrogens (tertiary/aromatic N) is 3. The van der Waals surface area contributed by atoms with Crippen LogP contribution in [0.2, 0.25) is 0 Å². The molecule has 1 aromatic carbocycles. The second-order valence-corrected chi connectivity index (χ2v) is 7.95. The van der Waals surface area contributed by atoms with E-state index in [0.29, 0.717) is 17.8 Å². The number of ether oxygens (including phenoxy) is 2. The largest absolute Gasteiger partial charge is 0.473 e.